The molecule has 0 aromatic carbocycles. The van der Waals surface area contributed by atoms with E-state index in [1.807, 2.05) is 12.1 Å². The van der Waals surface area contributed by atoms with E-state index in [0.29, 0.717) is 5.92 Å². The second-order valence-corrected chi connectivity index (χ2v) is 4.72. The van der Waals surface area contributed by atoms with Crippen LogP contribution in [0, 0.1) is 5.92 Å². The number of hydrogen-bond acceptors (Lipinski definition) is 3. The van der Waals surface area contributed by atoms with Gasteiger partial charge in [-0.3, -0.25) is 4.90 Å². The van der Waals surface area contributed by atoms with Gasteiger partial charge < -0.3 is 10.2 Å². The fourth-order valence-electron chi connectivity index (χ4n) is 1.68. The molecular formula is C13H24N2O. The van der Waals surface area contributed by atoms with E-state index < -0.39 is 0 Å². The van der Waals surface area contributed by atoms with Crippen molar-refractivity contribution in [1.82, 2.24) is 4.90 Å². The molecule has 3 nitrogen and oxygen atoms in total. The van der Waals surface area contributed by atoms with Crippen molar-refractivity contribution in [3.05, 3.63) is 24.2 Å². The van der Waals surface area contributed by atoms with Crippen molar-refractivity contribution in [2.75, 3.05) is 13.1 Å². The predicted molar refractivity (Wildman–Crippen MR) is 67.1 cm³/mol. The molecule has 0 bridgehead atoms. The molecule has 0 amide bonds. The van der Waals surface area contributed by atoms with Gasteiger partial charge in [0.25, 0.3) is 0 Å². The van der Waals surface area contributed by atoms with Crippen molar-refractivity contribution >= 4 is 0 Å². The molecule has 2 N–H and O–H groups in total. The summed E-state index contributed by atoms with van der Waals surface area (Å²) in [5, 5.41) is 0. The summed E-state index contributed by atoms with van der Waals surface area (Å²) in [7, 11) is 0. The van der Waals surface area contributed by atoms with Gasteiger partial charge in [0.05, 0.1) is 12.8 Å². The van der Waals surface area contributed by atoms with Gasteiger partial charge in [-0.05, 0) is 31.0 Å². The molecule has 16 heavy (non-hydrogen) atoms. The smallest absolute Gasteiger partial charge is 0.117 e. The summed E-state index contributed by atoms with van der Waals surface area (Å²) in [6, 6.07) is 4.19. The Balaban J connectivity index is 2.47. The molecular weight excluding hydrogens is 200 g/mol. The van der Waals surface area contributed by atoms with Gasteiger partial charge in [0.15, 0.2) is 0 Å². The number of rotatable bonds is 7. The summed E-state index contributed by atoms with van der Waals surface area (Å²) >= 11 is 0. The standard InChI is InChI=1S/C13H24N2O/c1-4-7-15(10-13(14)11(2)3)9-12-6-5-8-16-12/h5-6,8,11,13H,4,7,9-10,14H2,1-3H3/t13-/m0/s1. The first-order chi connectivity index (χ1) is 7.63. The van der Waals surface area contributed by atoms with Gasteiger partial charge in [-0.15, -0.1) is 0 Å². The molecule has 0 aliphatic heterocycles. The van der Waals surface area contributed by atoms with E-state index >= 15 is 0 Å². The quantitative estimate of drug-likeness (QED) is 0.773. The highest BCUT2D eigenvalue weighted by Gasteiger charge is 2.14. The third-order valence-corrected chi connectivity index (χ3v) is 2.82. The topological polar surface area (TPSA) is 42.4 Å². The van der Waals surface area contributed by atoms with E-state index in [1.54, 1.807) is 6.26 Å². The second kappa shape index (κ2) is 6.71. The fraction of sp³-hybridized carbons (Fsp3) is 0.692. The Morgan fingerprint density at radius 2 is 2.19 bits per heavy atom. The van der Waals surface area contributed by atoms with Crippen LogP contribution >= 0.6 is 0 Å². The largest absolute Gasteiger partial charge is 0.468 e. The first kappa shape index (κ1) is 13.3. The van der Waals surface area contributed by atoms with Gasteiger partial charge in [-0.25, -0.2) is 0 Å². The molecule has 0 saturated carbocycles. The molecule has 92 valence electrons. The minimum Gasteiger partial charge on any atom is -0.468 e. The lowest BCUT2D eigenvalue weighted by molar-refractivity contribution is 0.214. The Kier molecular flexibility index (Phi) is 5.56. The molecule has 3 heteroatoms. The summed E-state index contributed by atoms with van der Waals surface area (Å²) in [6.07, 6.45) is 2.87. The average Bonchev–Trinajstić information content (AvgIpc) is 2.70. The number of nitrogens with zero attached hydrogens (tertiary/aromatic N) is 1. The number of furan rings is 1. The summed E-state index contributed by atoms with van der Waals surface area (Å²) in [5.41, 5.74) is 6.10. The maximum Gasteiger partial charge on any atom is 0.117 e. The van der Waals surface area contributed by atoms with Crippen molar-refractivity contribution in [3.63, 3.8) is 0 Å². The predicted octanol–water partition coefficient (Wildman–Crippen LogP) is 2.47. The lowest BCUT2D eigenvalue weighted by Crippen LogP contribution is -2.40. The third kappa shape index (κ3) is 4.37. The van der Waals surface area contributed by atoms with Gasteiger partial charge in [-0.1, -0.05) is 20.8 Å². The van der Waals surface area contributed by atoms with Crippen LogP contribution in [-0.2, 0) is 6.54 Å². The van der Waals surface area contributed by atoms with E-state index in [-0.39, 0.29) is 6.04 Å². The zero-order valence-electron chi connectivity index (χ0n) is 10.6. The zero-order chi connectivity index (χ0) is 12.0. The van der Waals surface area contributed by atoms with E-state index in [0.717, 1.165) is 31.8 Å². The van der Waals surface area contributed by atoms with Gasteiger partial charge in [0.1, 0.15) is 5.76 Å². The first-order valence-corrected chi connectivity index (χ1v) is 6.13. The van der Waals surface area contributed by atoms with Crippen LogP contribution in [0.3, 0.4) is 0 Å². The lowest BCUT2D eigenvalue weighted by atomic mass is 10.1. The highest BCUT2D eigenvalue weighted by Crippen LogP contribution is 2.08. The van der Waals surface area contributed by atoms with Gasteiger partial charge in [0, 0.05) is 12.6 Å². The molecule has 0 radical (unpaired) electrons. The van der Waals surface area contributed by atoms with E-state index in [2.05, 4.69) is 25.7 Å². The molecule has 0 fully saturated rings. The molecule has 1 aromatic heterocycles. The monoisotopic (exact) mass is 224 g/mol. The van der Waals surface area contributed by atoms with Crippen LogP contribution in [0.4, 0.5) is 0 Å². The highest BCUT2D eigenvalue weighted by atomic mass is 16.3. The Morgan fingerprint density at radius 3 is 2.69 bits per heavy atom. The van der Waals surface area contributed by atoms with Gasteiger partial charge in [-0.2, -0.15) is 0 Å². The van der Waals surface area contributed by atoms with Crippen LogP contribution in [0.15, 0.2) is 22.8 Å². The van der Waals surface area contributed by atoms with Gasteiger partial charge >= 0.3 is 0 Å². The van der Waals surface area contributed by atoms with Crippen LogP contribution in [0.2, 0.25) is 0 Å². The van der Waals surface area contributed by atoms with Crippen molar-refractivity contribution in [3.8, 4) is 0 Å². The highest BCUT2D eigenvalue weighted by molar-refractivity contribution is 4.98. The summed E-state index contributed by atoms with van der Waals surface area (Å²) in [5.74, 6) is 1.54. The number of hydrogen-bond donors (Lipinski definition) is 1. The van der Waals surface area contributed by atoms with Crippen LogP contribution in [0.25, 0.3) is 0 Å². The zero-order valence-corrected chi connectivity index (χ0v) is 10.6. The maximum absolute atomic E-state index is 6.10. The van der Waals surface area contributed by atoms with Gasteiger partial charge in [0.2, 0.25) is 0 Å². The Hall–Kier alpha value is -0.800. The molecule has 1 heterocycles. The first-order valence-electron chi connectivity index (χ1n) is 6.13. The van der Waals surface area contributed by atoms with E-state index in [4.69, 9.17) is 10.2 Å². The molecule has 1 rings (SSSR count). The summed E-state index contributed by atoms with van der Waals surface area (Å²) in [6.45, 7) is 9.40. The Morgan fingerprint density at radius 1 is 1.44 bits per heavy atom. The summed E-state index contributed by atoms with van der Waals surface area (Å²) < 4.78 is 5.37. The van der Waals surface area contributed by atoms with E-state index in [1.165, 1.54) is 0 Å². The third-order valence-electron chi connectivity index (χ3n) is 2.82. The van der Waals surface area contributed by atoms with Crippen LogP contribution in [0.5, 0.6) is 0 Å². The Bertz CT molecular complexity index is 269. The second-order valence-electron chi connectivity index (χ2n) is 4.72. The molecule has 0 unspecified atom stereocenters. The van der Waals surface area contributed by atoms with Crippen molar-refractivity contribution in [2.45, 2.75) is 39.8 Å². The molecule has 1 atom stereocenters. The minimum atomic E-state index is 0.238. The molecule has 0 aliphatic carbocycles. The minimum absolute atomic E-state index is 0.238. The maximum atomic E-state index is 6.10. The average molecular weight is 224 g/mol. The lowest BCUT2D eigenvalue weighted by Gasteiger charge is -2.26. The fourth-order valence-corrected chi connectivity index (χ4v) is 1.68. The number of nitrogens with two attached hydrogens (primary N) is 1. The molecule has 0 aliphatic rings. The molecule has 0 spiro atoms. The van der Waals surface area contributed by atoms with Crippen LogP contribution < -0.4 is 5.73 Å². The van der Waals surface area contributed by atoms with Crippen LogP contribution in [-0.4, -0.2) is 24.0 Å². The van der Waals surface area contributed by atoms with Crippen molar-refractivity contribution < 1.29 is 4.42 Å². The normalized spacial score (nSPS) is 13.6. The Labute approximate surface area is 98.6 Å². The van der Waals surface area contributed by atoms with Crippen LogP contribution in [0.1, 0.15) is 33.0 Å². The molecule has 0 saturated heterocycles. The summed E-state index contributed by atoms with van der Waals surface area (Å²) in [4.78, 5) is 2.36. The van der Waals surface area contributed by atoms with Crippen molar-refractivity contribution in [1.29, 1.82) is 0 Å². The molecule has 1 aromatic rings. The SMILES string of the molecule is CCCN(Cc1ccco1)C[C@H](N)C(C)C. The van der Waals surface area contributed by atoms with E-state index in [9.17, 15) is 0 Å². The van der Waals surface area contributed by atoms with Crippen molar-refractivity contribution in [2.24, 2.45) is 11.7 Å².